The third-order valence-corrected chi connectivity index (χ3v) is 4.74. The molecule has 0 spiro atoms. The van der Waals surface area contributed by atoms with Gasteiger partial charge in [0, 0.05) is 6.54 Å². The highest BCUT2D eigenvalue weighted by atomic mass is 127. The van der Waals surface area contributed by atoms with Crippen LogP contribution in [0.5, 0.6) is 11.5 Å². The van der Waals surface area contributed by atoms with Gasteiger partial charge in [0.05, 0.1) is 22.2 Å². The lowest BCUT2D eigenvalue weighted by Crippen LogP contribution is -2.27. The molecule has 1 aromatic rings. The molecule has 0 bridgehead atoms. The Morgan fingerprint density at radius 3 is 2.59 bits per heavy atom. The molecule has 2 amide bonds. The third-order valence-electron chi connectivity index (χ3n) is 3.03. The van der Waals surface area contributed by atoms with E-state index in [9.17, 15) is 9.59 Å². The van der Waals surface area contributed by atoms with Crippen molar-refractivity contribution in [2.75, 3.05) is 20.3 Å². The molecule has 1 aliphatic rings. The fourth-order valence-corrected chi connectivity index (χ4v) is 3.72. The van der Waals surface area contributed by atoms with Gasteiger partial charge in [0.15, 0.2) is 11.5 Å². The monoisotopic (exact) mass is 433 g/mol. The molecule has 1 fully saturated rings. The number of hydrogen-bond donors (Lipinski definition) is 0. The molecule has 0 radical (unpaired) electrons. The van der Waals surface area contributed by atoms with Crippen LogP contribution in [0.2, 0.25) is 0 Å². The van der Waals surface area contributed by atoms with Gasteiger partial charge in [-0.1, -0.05) is 0 Å². The number of rotatable bonds is 5. The minimum absolute atomic E-state index is 0.230. The number of methoxy groups -OCH3 is 1. The van der Waals surface area contributed by atoms with Crippen LogP contribution in [-0.2, 0) is 4.79 Å². The van der Waals surface area contributed by atoms with Crippen molar-refractivity contribution in [1.82, 2.24) is 4.90 Å². The van der Waals surface area contributed by atoms with Crippen LogP contribution in [0.3, 0.4) is 0 Å². The van der Waals surface area contributed by atoms with Crippen molar-refractivity contribution < 1.29 is 19.1 Å². The number of nitrogens with zero attached hydrogens (tertiary/aromatic N) is 1. The summed E-state index contributed by atoms with van der Waals surface area (Å²) in [5, 5.41) is -0.230. The van der Waals surface area contributed by atoms with E-state index >= 15 is 0 Å². The Labute approximate surface area is 147 Å². The quantitative estimate of drug-likeness (QED) is 0.523. The normalized spacial score (nSPS) is 16.5. The minimum atomic E-state index is -0.250. The van der Waals surface area contributed by atoms with Crippen molar-refractivity contribution in [1.29, 1.82) is 0 Å². The van der Waals surface area contributed by atoms with Crippen molar-refractivity contribution in [3.8, 4) is 11.5 Å². The van der Waals surface area contributed by atoms with Crippen LogP contribution >= 0.6 is 34.4 Å². The number of carbonyl (C=O) groups excluding carboxylic acids is 2. The summed E-state index contributed by atoms with van der Waals surface area (Å²) in [5.41, 5.74) is 0.798. The van der Waals surface area contributed by atoms with E-state index in [2.05, 4.69) is 22.6 Å². The van der Waals surface area contributed by atoms with Crippen LogP contribution in [0.4, 0.5) is 4.79 Å². The van der Waals surface area contributed by atoms with E-state index in [0.29, 0.717) is 29.6 Å². The summed E-state index contributed by atoms with van der Waals surface area (Å²) in [6.07, 6.45) is 1.71. The molecule has 22 heavy (non-hydrogen) atoms. The lowest BCUT2D eigenvalue weighted by atomic mass is 10.2. The van der Waals surface area contributed by atoms with Gasteiger partial charge in [0.1, 0.15) is 0 Å². The second-order valence-corrected chi connectivity index (χ2v) is 6.55. The first-order chi connectivity index (χ1) is 10.5. The van der Waals surface area contributed by atoms with Gasteiger partial charge in [0.2, 0.25) is 0 Å². The first-order valence-electron chi connectivity index (χ1n) is 6.77. The maximum Gasteiger partial charge on any atom is 0.293 e. The van der Waals surface area contributed by atoms with E-state index in [0.717, 1.165) is 20.9 Å². The molecule has 0 unspecified atom stereocenters. The zero-order valence-electron chi connectivity index (χ0n) is 12.5. The fraction of sp³-hybridized carbons (Fsp3) is 0.333. The molecule has 0 saturated carbocycles. The SMILES string of the molecule is CCOc1c(I)cc(/C=C2\SC(=O)N(CC)C2=O)cc1OC. The Morgan fingerprint density at radius 1 is 1.32 bits per heavy atom. The standard InChI is InChI=1S/C15H16INO4S/c1-4-17-14(18)12(22-15(17)19)8-9-6-10(16)13(21-5-2)11(7-9)20-3/h6-8H,4-5H2,1-3H3/b12-8-. The molecule has 118 valence electrons. The summed E-state index contributed by atoms with van der Waals surface area (Å²) in [6, 6.07) is 3.70. The highest BCUT2D eigenvalue weighted by molar-refractivity contribution is 14.1. The van der Waals surface area contributed by atoms with Gasteiger partial charge in [-0.25, -0.2) is 0 Å². The maximum absolute atomic E-state index is 12.1. The van der Waals surface area contributed by atoms with Crippen LogP contribution in [0.1, 0.15) is 19.4 Å². The predicted molar refractivity (Wildman–Crippen MR) is 95.2 cm³/mol. The number of ether oxygens (including phenoxy) is 2. The first kappa shape index (κ1) is 17.1. The van der Waals surface area contributed by atoms with Crippen LogP contribution in [0.15, 0.2) is 17.0 Å². The Balaban J connectivity index is 2.38. The van der Waals surface area contributed by atoms with E-state index in [1.807, 2.05) is 13.0 Å². The summed E-state index contributed by atoms with van der Waals surface area (Å²) in [7, 11) is 1.57. The topological polar surface area (TPSA) is 55.8 Å². The number of amides is 2. The van der Waals surface area contributed by atoms with Crippen molar-refractivity contribution in [2.45, 2.75) is 13.8 Å². The molecule has 0 aromatic heterocycles. The third kappa shape index (κ3) is 3.40. The van der Waals surface area contributed by atoms with E-state index < -0.39 is 0 Å². The van der Waals surface area contributed by atoms with Crippen LogP contribution < -0.4 is 9.47 Å². The molecule has 1 heterocycles. The number of halogens is 1. The lowest BCUT2D eigenvalue weighted by molar-refractivity contribution is -0.122. The number of benzene rings is 1. The minimum Gasteiger partial charge on any atom is -0.493 e. The van der Waals surface area contributed by atoms with Crippen LogP contribution in [0, 0.1) is 3.57 Å². The molecule has 1 saturated heterocycles. The average Bonchev–Trinajstić information content (AvgIpc) is 2.75. The highest BCUT2D eigenvalue weighted by Gasteiger charge is 2.33. The van der Waals surface area contributed by atoms with E-state index in [1.54, 1.807) is 26.2 Å². The van der Waals surface area contributed by atoms with E-state index in [4.69, 9.17) is 9.47 Å². The van der Waals surface area contributed by atoms with Crippen molar-refractivity contribution in [3.63, 3.8) is 0 Å². The zero-order chi connectivity index (χ0) is 16.3. The Hall–Kier alpha value is -1.22. The molecule has 2 rings (SSSR count). The molecule has 0 N–H and O–H groups in total. The molecular formula is C15H16INO4S. The number of hydrogen-bond acceptors (Lipinski definition) is 5. The van der Waals surface area contributed by atoms with Gasteiger partial charge in [-0.05, 0) is 72.0 Å². The number of carbonyl (C=O) groups is 2. The van der Waals surface area contributed by atoms with Gasteiger partial charge in [-0.15, -0.1) is 0 Å². The van der Waals surface area contributed by atoms with Crippen LogP contribution in [-0.4, -0.2) is 36.3 Å². The summed E-state index contributed by atoms with van der Waals surface area (Å²) in [4.78, 5) is 25.5. The fourth-order valence-electron chi connectivity index (χ4n) is 2.03. The molecular weight excluding hydrogens is 417 g/mol. The molecule has 5 nitrogen and oxygen atoms in total. The number of imide groups is 1. The lowest BCUT2D eigenvalue weighted by Gasteiger charge is -2.12. The zero-order valence-corrected chi connectivity index (χ0v) is 15.5. The van der Waals surface area contributed by atoms with Gasteiger partial charge >= 0.3 is 0 Å². The second kappa shape index (κ2) is 7.36. The van der Waals surface area contributed by atoms with Crippen LogP contribution in [0.25, 0.3) is 6.08 Å². The molecule has 7 heteroatoms. The summed E-state index contributed by atoms with van der Waals surface area (Å²) in [5.74, 6) is 1.04. The van der Waals surface area contributed by atoms with Crippen molar-refractivity contribution in [3.05, 3.63) is 26.2 Å². The summed E-state index contributed by atoms with van der Waals surface area (Å²) in [6.45, 7) is 4.61. The predicted octanol–water partition coefficient (Wildman–Crippen LogP) is 3.75. The van der Waals surface area contributed by atoms with Gasteiger partial charge in [-0.3, -0.25) is 14.5 Å². The second-order valence-electron chi connectivity index (χ2n) is 4.39. The van der Waals surface area contributed by atoms with E-state index in [-0.39, 0.29) is 11.1 Å². The highest BCUT2D eigenvalue weighted by Crippen LogP contribution is 2.37. The average molecular weight is 433 g/mol. The molecule has 1 aromatic carbocycles. The number of thioether (sulfide) groups is 1. The Kier molecular flexibility index (Phi) is 5.74. The van der Waals surface area contributed by atoms with E-state index in [1.165, 1.54) is 4.90 Å². The smallest absolute Gasteiger partial charge is 0.293 e. The Bertz CT molecular complexity index is 645. The van der Waals surface area contributed by atoms with Crippen molar-refractivity contribution >= 4 is 51.6 Å². The van der Waals surface area contributed by atoms with Crippen molar-refractivity contribution in [2.24, 2.45) is 0 Å². The molecule has 1 aliphatic heterocycles. The summed E-state index contributed by atoms with van der Waals surface area (Å²) < 4.78 is 11.8. The van der Waals surface area contributed by atoms with Gasteiger partial charge < -0.3 is 9.47 Å². The maximum atomic E-state index is 12.1. The Morgan fingerprint density at radius 2 is 2.05 bits per heavy atom. The first-order valence-corrected chi connectivity index (χ1v) is 8.67. The largest absolute Gasteiger partial charge is 0.493 e. The van der Waals surface area contributed by atoms with Gasteiger partial charge in [0.25, 0.3) is 11.1 Å². The van der Waals surface area contributed by atoms with Gasteiger partial charge in [-0.2, -0.15) is 0 Å². The molecule has 0 atom stereocenters. The molecule has 0 aliphatic carbocycles. The number of likely N-dealkylation sites (N-methyl/N-ethyl adjacent to an activating group) is 1. The summed E-state index contributed by atoms with van der Waals surface area (Å²) >= 11 is 3.12.